The van der Waals surface area contributed by atoms with Crippen molar-refractivity contribution in [3.05, 3.63) is 30.7 Å². The standard InChI is InChI=1S/C16H20N4O2/c21-15(6-1-12-7-9-17-10-8-12)19-14-4-2-13(3-5-14)16-18-11-22-20-16/h2-5,11-12,17H,1,6-10H2,(H,19,21). The maximum atomic E-state index is 12.0. The fraction of sp³-hybridized carbons (Fsp3) is 0.438. The number of amides is 1. The number of nitrogens with zero attached hydrogens (tertiary/aromatic N) is 2. The van der Waals surface area contributed by atoms with Crippen LogP contribution in [0.1, 0.15) is 25.7 Å². The van der Waals surface area contributed by atoms with E-state index in [1.165, 1.54) is 19.2 Å². The molecule has 0 bridgehead atoms. The zero-order chi connectivity index (χ0) is 15.2. The van der Waals surface area contributed by atoms with Crippen molar-refractivity contribution in [2.75, 3.05) is 18.4 Å². The zero-order valence-corrected chi connectivity index (χ0v) is 12.4. The largest absolute Gasteiger partial charge is 0.342 e. The van der Waals surface area contributed by atoms with E-state index in [-0.39, 0.29) is 5.91 Å². The van der Waals surface area contributed by atoms with Crippen LogP contribution >= 0.6 is 0 Å². The van der Waals surface area contributed by atoms with Gasteiger partial charge in [0, 0.05) is 17.7 Å². The van der Waals surface area contributed by atoms with Crippen LogP contribution in [0.3, 0.4) is 0 Å². The SMILES string of the molecule is O=C(CCC1CCNCC1)Nc1ccc(-c2ncon2)cc1. The van der Waals surface area contributed by atoms with Gasteiger partial charge in [-0.2, -0.15) is 4.98 Å². The Labute approximate surface area is 129 Å². The molecule has 1 fully saturated rings. The van der Waals surface area contributed by atoms with Gasteiger partial charge in [0.05, 0.1) is 0 Å². The second-order valence-electron chi connectivity index (χ2n) is 5.61. The van der Waals surface area contributed by atoms with Crippen molar-refractivity contribution in [1.29, 1.82) is 0 Å². The van der Waals surface area contributed by atoms with Crippen LogP contribution in [0.4, 0.5) is 5.69 Å². The number of anilines is 1. The van der Waals surface area contributed by atoms with Crippen molar-refractivity contribution < 1.29 is 9.32 Å². The van der Waals surface area contributed by atoms with Gasteiger partial charge >= 0.3 is 0 Å². The minimum atomic E-state index is 0.0749. The summed E-state index contributed by atoms with van der Waals surface area (Å²) in [6.45, 7) is 2.15. The zero-order valence-electron chi connectivity index (χ0n) is 12.4. The Morgan fingerprint density at radius 3 is 2.73 bits per heavy atom. The van der Waals surface area contributed by atoms with Crippen LogP contribution in [-0.2, 0) is 4.79 Å². The molecule has 6 heteroatoms. The molecule has 0 saturated carbocycles. The minimum absolute atomic E-state index is 0.0749. The normalized spacial score (nSPS) is 15.6. The lowest BCUT2D eigenvalue weighted by Crippen LogP contribution is -2.28. The summed E-state index contributed by atoms with van der Waals surface area (Å²) in [5, 5.41) is 10.1. The Balaban J connectivity index is 1.48. The highest BCUT2D eigenvalue weighted by Gasteiger charge is 2.14. The molecule has 1 aliphatic heterocycles. The van der Waals surface area contributed by atoms with E-state index < -0.39 is 0 Å². The summed E-state index contributed by atoms with van der Waals surface area (Å²) in [5.74, 6) is 1.29. The summed E-state index contributed by atoms with van der Waals surface area (Å²) in [5.41, 5.74) is 1.66. The molecule has 2 N–H and O–H groups in total. The summed E-state index contributed by atoms with van der Waals surface area (Å²) in [4.78, 5) is 16.0. The van der Waals surface area contributed by atoms with Crippen LogP contribution in [0.15, 0.2) is 35.2 Å². The predicted octanol–water partition coefficient (Wildman–Crippen LogP) is 2.45. The number of piperidine rings is 1. The number of hydrogen-bond acceptors (Lipinski definition) is 5. The molecule has 2 aromatic rings. The highest BCUT2D eigenvalue weighted by Crippen LogP contribution is 2.20. The summed E-state index contributed by atoms with van der Waals surface area (Å²) < 4.78 is 4.72. The van der Waals surface area contributed by atoms with E-state index in [1.54, 1.807) is 0 Å². The number of carbonyl (C=O) groups excluding carboxylic acids is 1. The van der Waals surface area contributed by atoms with E-state index in [0.717, 1.165) is 30.8 Å². The van der Waals surface area contributed by atoms with Crippen molar-refractivity contribution in [3.8, 4) is 11.4 Å². The van der Waals surface area contributed by atoms with E-state index in [2.05, 4.69) is 20.8 Å². The molecule has 22 heavy (non-hydrogen) atoms. The van der Waals surface area contributed by atoms with Crippen molar-refractivity contribution in [3.63, 3.8) is 0 Å². The summed E-state index contributed by atoms with van der Waals surface area (Å²) >= 11 is 0. The molecule has 6 nitrogen and oxygen atoms in total. The van der Waals surface area contributed by atoms with E-state index in [0.29, 0.717) is 18.2 Å². The van der Waals surface area contributed by atoms with Crippen LogP contribution < -0.4 is 10.6 Å². The molecule has 1 amide bonds. The third-order valence-electron chi connectivity index (χ3n) is 4.03. The maximum Gasteiger partial charge on any atom is 0.224 e. The molecular formula is C16H20N4O2. The Morgan fingerprint density at radius 1 is 1.27 bits per heavy atom. The molecule has 1 aliphatic rings. The molecular weight excluding hydrogens is 280 g/mol. The fourth-order valence-corrected chi connectivity index (χ4v) is 2.73. The lowest BCUT2D eigenvalue weighted by Gasteiger charge is -2.22. The van der Waals surface area contributed by atoms with Gasteiger partial charge in [-0.3, -0.25) is 4.79 Å². The quantitative estimate of drug-likeness (QED) is 0.886. The van der Waals surface area contributed by atoms with E-state index in [1.807, 2.05) is 24.3 Å². The molecule has 3 rings (SSSR count). The van der Waals surface area contributed by atoms with Gasteiger partial charge in [-0.05, 0) is 62.5 Å². The number of nitrogens with one attached hydrogen (secondary N) is 2. The van der Waals surface area contributed by atoms with E-state index >= 15 is 0 Å². The van der Waals surface area contributed by atoms with Crippen LogP contribution in [0.2, 0.25) is 0 Å². The monoisotopic (exact) mass is 300 g/mol. The number of rotatable bonds is 5. The van der Waals surface area contributed by atoms with Crippen molar-refractivity contribution in [1.82, 2.24) is 15.5 Å². The Bertz CT molecular complexity index is 589. The average molecular weight is 300 g/mol. The third-order valence-corrected chi connectivity index (χ3v) is 4.03. The van der Waals surface area contributed by atoms with Gasteiger partial charge in [0.1, 0.15) is 0 Å². The molecule has 1 aromatic heterocycles. The molecule has 0 radical (unpaired) electrons. The molecule has 0 spiro atoms. The first-order valence-electron chi connectivity index (χ1n) is 7.68. The molecule has 116 valence electrons. The van der Waals surface area contributed by atoms with Crippen LogP contribution in [0.25, 0.3) is 11.4 Å². The van der Waals surface area contributed by atoms with Crippen LogP contribution in [0, 0.1) is 5.92 Å². The molecule has 0 atom stereocenters. The highest BCUT2D eigenvalue weighted by atomic mass is 16.5. The van der Waals surface area contributed by atoms with Crippen molar-refractivity contribution in [2.24, 2.45) is 5.92 Å². The second-order valence-corrected chi connectivity index (χ2v) is 5.61. The minimum Gasteiger partial charge on any atom is -0.342 e. The molecule has 1 aromatic carbocycles. The summed E-state index contributed by atoms with van der Waals surface area (Å²) in [6, 6.07) is 7.45. The first-order chi connectivity index (χ1) is 10.8. The van der Waals surface area contributed by atoms with Gasteiger partial charge < -0.3 is 15.2 Å². The van der Waals surface area contributed by atoms with Crippen LogP contribution in [0.5, 0.6) is 0 Å². The predicted molar refractivity (Wildman–Crippen MR) is 83.2 cm³/mol. The van der Waals surface area contributed by atoms with Gasteiger partial charge in [0.25, 0.3) is 0 Å². The Kier molecular flexibility index (Phi) is 4.80. The van der Waals surface area contributed by atoms with Gasteiger partial charge in [-0.15, -0.1) is 0 Å². The first-order valence-corrected chi connectivity index (χ1v) is 7.68. The van der Waals surface area contributed by atoms with Crippen LogP contribution in [-0.4, -0.2) is 29.1 Å². The number of hydrogen-bond donors (Lipinski definition) is 2. The average Bonchev–Trinajstić information content (AvgIpc) is 3.09. The maximum absolute atomic E-state index is 12.0. The number of aromatic nitrogens is 2. The van der Waals surface area contributed by atoms with Gasteiger partial charge in [-0.1, -0.05) is 5.16 Å². The summed E-state index contributed by atoms with van der Waals surface area (Å²) in [6.07, 6.45) is 5.19. The smallest absolute Gasteiger partial charge is 0.224 e. The lowest BCUT2D eigenvalue weighted by molar-refractivity contribution is -0.116. The van der Waals surface area contributed by atoms with Crippen molar-refractivity contribution in [2.45, 2.75) is 25.7 Å². The van der Waals surface area contributed by atoms with E-state index in [9.17, 15) is 4.79 Å². The second kappa shape index (κ2) is 7.17. The first kappa shape index (κ1) is 14.7. The third kappa shape index (κ3) is 3.92. The Morgan fingerprint density at radius 2 is 2.05 bits per heavy atom. The Hall–Kier alpha value is -2.21. The lowest BCUT2D eigenvalue weighted by atomic mass is 9.93. The molecule has 0 aliphatic carbocycles. The van der Waals surface area contributed by atoms with Gasteiger partial charge in [0.2, 0.25) is 18.1 Å². The van der Waals surface area contributed by atoms with Crippen molar-refractivity contribution >= 4 is 11.6 Å². The van der Waals surface area contributed by atoms with E-state index in [4.69, 9.17) is 4.52 Å². The number of carbonyl (C=O) groups is 1. The molecule has 0 unspecified atom stereocenters. The summed E-state index contributed by atoms with van der Waals surface area (Å²) in [7, 11) is 0. The fourth-order valence-electron chi connectivity index (χ4n) is 2.73. The molecule has 1 saturated heterocycles. The highest BCUT2D eigenvalue weighted by molar-refractivity contribution is 5.90. The molecule has 2 heterocycles. The topological polar surface area (TPSA) is 80.0 Å². The number of benzene rings is 1. The van der Waals surface area contributed by atoms with Gasteiger partial charge in [0.15, 0.2) is 0 Å². The van der Waals surface area contributed by atoms with Gasteiger partial charge in [-0.25, -0.2) is 0 Å².